The molecule has 2 rings (SSSR count). The summed E-state index contributed by atoms with van der Waals surface area (Å²) in [6.07, 6.45) is 0.967. The second kappa shape index (κ2) is 6.15. The van der Waals surface area contributed by atoms with Gasteiger partial charge in [-0.1, -0.05) is 13.8 Å². The topological polar surface area (TPSA) is 49.9 Å². The van der Waals surface area contributed by atoms with Crippen molar-refractivity contribution in [1.82, 2.24) is 9.80 Å². The van der Waals surface area contributed by atoms with Gasteiger partial charge in [-0.3, -0.25) is 4.79 Å². The molecule has 0 spiro atoms. The van der Waals surface area contributed by atoms with Crippen LogP contribution in [0.5, 0.6) is 0 Å². The zero-order chi connectivity index (χ0) is 17.5. The number of ether oxygens (including phenoxy) is 1. The van der Waals surface area contributed by atoms with E-state index in [1.807, 2.05) is 25.7 Å². The van der Waals surface area contributed by atoms with Crippen LogP contribution < -0.4 is 0 Å². The molecule has 0 aromatic carbocycles. The van der Waals surface area contributed by atoms with Crippen molar-refractivity contribution in [3.8, 4) is 0 Å². The average Bonchev–Trinajstić information content (AvgIpc) is 2.79. The first kappa shape index (κ1) is 18.4. The lowest BCUT2D eigenvalue weighted by molar-refractivity contribution is -0.130. The van der Waals surface area contributed by atoms with Crippen LogP contribution in [0.15, 0.2) is 0 Å². The molecule has 0 radical (unpaired) electrons. The summed E-state index contributed by atoms with van der Waals surface area (Å²) >= 11 is 5.68. The summed E-state index contributed by atoms with van der Waals surface area (Å²) in [4.78, 5) is 28.4. The van der Waals surface area contributed by atoms with E-state index >= 15 is 0 Å². The standard InChI is InChI=1S/C17H29ClN2O3/c1-15(2,3)23-14(22)20-11-16(4)9-19(10-17(16,5)12-20)13(21)7-6-8-18/h6-12H2,1-5H3/t16-,17-/m1/s1. The molecule has 0 bridgehead atoms. The summed E-state index contributed by atoms with van der Waals surface area (Å²) in [5.74, 6) is 0.687. The van der Waals surface area contributed by atoms with Gasteiger partial charge in [0.2, 0.25) is 5.91 Å². The van der Waals surface area contributed by atoms with E-state index in [9.17, 15) is 9.59 Å². The van der Waals surface area contributed by atoms with Gasteiger partial charge >= 0.3 is 6.09 Å². The van der Waals surface area contributed by atoms with Crippen LogP contribution in [0.2, 0.25) is 0 Å². The molecule has 23 heavy (non-hydrogen) atoms. The molecule has 0 aromatic heterocycles. The third kappa shape index (κ3) is 3.76. The molecule has 2 aliphatic heterocycles. The van der Waals surface area contributed by atoms with Crippen molar-refractivity contribution >= 4 is 23.6 Å². The van der Waals surface area contributed by atoms with E-state index in [4.69, 9.17) is 16.3 Å². The second-order valence-corrected chi connectivity index (χ2v) is 8.88. The fraction of sp³-hybridized carbons (Fsp3) is 0.882. The first-order valence-electron chi connectivity index (χ1n) is 8.31. The molecule has 2 amide bonds. The Morgan fingerprint density at radius 1 is 1.04 bits per heavy atom. The third-order valence-corrected chi connectivity index (χ3v) is 5.41. The predicted molar refractivity (Wildman–Crippen MR) is 90.6 cm³/mol. The largest absolute Gasteiger partial charge is 0.444 e. The van der Waals surface area contributed by atoms with Gasteiger partial charge in [0.1, 0.15) is 5.60 Å². The Labute approximate surface area is 144 Å². The summed E-state index contributed by atoms with van der Waals surface area (Å²) in [7, 11) is 0. The fourth-order valence-corrected chi connectivity index (χ4v) is 3.80. The van der Waals surface area contributed by atoms with Crippen LogP contribution in [-0.4, -0.2) is 59.5 Å². The van der Waals surface area contributed by atoms with E-state index in [0.717, 1.165) is 0 Å². The molecule has 5 nitrogen and oxygen atoms in total. The third-order valence-electron chi connectivity index (χ3n) is 5.15. The number of halogens is 1. The molecule has 0 unspecified atom stereocenters. The number of nitrogens with zero attached hydrogens (tertiary/aromatic N) is 2. The summed E-state index contributed by atoms with van der Waals surface area (Å²) in [6.45, 7) is 12.6. The van der Waals surface area contributed by atoms with Crippen molar-refractivity contribution in [3.63, 3.8) is 0 Å². The van der Waals surface area contributed by atoms with Gasteiger partial charge < -0.3 is 14.5 Å². The molecule has 2 heterocycles. The minimum atomic E-state index is -0.486. The minimum absolute atomic E-state index is 0.0828. The highest BCUT2D eigenvalue weighted by atomic mass is 35.5. The van der Waals surface area contributed by atoms with Crippen LogP contribution in [0, 0.1) is 10.8 Å². The van der Waals surface area contributed by atoms with Gasteiger partial charge in [-0.2, -0.15) is 0 Å². The predicted octanol–water partition coefficient (Wildman–Crippen LogP) is 3.11. The molecule has 0 N–H and O–H groups in total. The maximum absolute atomic E-state index is 12.3. The highest BCUT2D eigenvalue weighted by Crippen LogP contribution is 2.51. The van der Waals surface area contributed by atoms with E-state index in [0.29, 0.717) is 44.9 Å². The van der Waals surface area contributed by atoms with Crippen molar-refractivity contribution < 1.29 is 14.3 Å². The Morgan fingerprint density at radius 2 is 1.52 bits per heavy atom. The lowest BCUT2D eigenvalue weighted by Crippen LogP contribution is -2.40. The molecule has 2 saturated heterocycles. The number of fused-ring (bicyclic) bond motifs is 1. The minimum Gasteiger partial charge on any atom is -0.444 e. The average molecular weight is 345 g/mol. The zero-order valence-electron chi connectivity index (χ0n) is 14.9. The normalized spacial score (nSPS) is 30.5. The molecule has 0 aliphatic carbocycles. The van der Waals surface area contributed by atoms with Gasteiger partial charge in [0.25, 0.3) is 0 Å². The monoisotopic (exact) mass is 344 g/mol. The Kier molecular flexibility index (Phi) is 4.91. The van der Waals surface area contributed by atoms with Crippen LogP contribution in [0.1, 0.15) is 47.5 Å². The first-order chi connectivity index (χ1) is 10.5. The van der Waals surface area contributed by atoms with Crippen molar-refractivity contribution in [1.29, 1.82) is 0 Å². The van der Waals surface area contributed by atoms with Crippen LogP contribution in [0.25, 0.3) is 0 Å². The van der Waals surface area contributed by atoms with Gasteiger partial charge in [-0.05, 0) is 27.2 Å². The van der Waals surface area contributed by atoms with Crippen LogP contribution in [0.4, 0.5) is 4.79 Å². The molecule has 2 aliphatic rings. The maximum Gasteiger partial charge on any atom is 0.410 e. The van der Waals surface area contributed by atoms with Gasteiger partial charge in [0.05, 0.1) is 0 Å². The molecular weight excluding hydrogens is 316 g/mol. The smallest absolute Gasteiger partial charge is 0.410 e. The number of hydrogen-bond acceptors (Lipinski definition) is 3. The Hall–Kier alpha value is -0.970. The quantitative estimate of drug-likeness (QED) is 0.739. The first-order valence-corrected chi connectivity index (χ1v) is 8.85. The number of rotatable bonds is 3. The van der Waals surface area contributed by atoms with E-state index in [2.05, 4.69) is 13.8 Å². The summed E-state index contributed by atoms with van der Waals surface area (Å²) in [5, 5.41) is 0. The number of hydrogen-bond donors (Lipinski definition) is 0. The van der Waals surface area contributed by atoms with Crippen molar-refractivity contribution in [2.24, 2.45) is 10.8 Å². The number of likely N-dealkylation sites (tertiary alicyclic amines) is 2. The van der Waals surface area contributed by atoms with Gasteiger partial charge in [0.15, 0.2) is 0 Å². The van der Waals surface area contributed by atoms with Crippen molar-refractivity contribution in [2.75, 3.05) is 32.1 Å². The summed E-state index contributed by atoms with van der Waals surface area (Å²) < 4.78 is 5.50. The lowest BCUT2D eigenvalue weighted by Gasteiger charge is -2.29. The van der Waals surface area contributed by atoms with E-state index in [-0.39, 0.29) is 22.8 Å². The molecular formula is C17H29ClN2O3. The van der Waals surface area contributed by atoms with E-state index < -0.39 is 5.60 Å². The fourth-order valence-electron chi connectivity index (χ4n) is 3.67. The number of alkyl halides is 1. The van der Waals surface area contributed by atoms with E-state index in [1.54, 1.807) is 4.90 Å². The van der Waals surface area contributed by atoms with Crippen LogP contribution in [-0.2, 0) is 9.53 Å². The Bertz CT molecular complexity index is 471. The summed E-state index contributed by atoms with van der Waals surface area (Å²) in [6, 6.07) is 0. The molecule has 2 fully saturated rings. The lowest BCUT2D eigenvalue weighted by atomic mass is 9.71. The SMILES string of the molecule is CC(C)(C)OC(=O)N1C[C@@]2(C)CN(C(=O)CCCCl)C[C@]2(C)C1. The molecule has 0 saturated carbocycles. The van der Waals surface area contributed by atoms with Crippen molar-refractivity contribution in [2.45, 2.75) is 53.1 Å². The number of amides is 2. The molecule has 0 aromatic rings. The van der Waals surface area contributed by atoms with Crippen LogP contribution in [0.3, 0.4) is 0 Å². The highest BCUT2D eigenvalue weighted by molar-refractivity contribution is 6.17. The highest BCUT2D eigenvalue weighted by Gasteiger charge is 2.59. The van der Waals surface area contributed by atoms with Gasteiger partial charge in [0, 0.05) is 49.3 Å². The maximum atomic E-state index is 12.3. The summed E-state index contributed by atoms with van der Waals surface area (Å²) in [5.41, 5.74) is -0.652. The second-order valence-electron chi connectivity index (χ2n) is 8.50. The van der Waals surface area contributed by atoms with E-state index in [1.165, 1.54) is 0 Å². The Morgan fingerprint density at radius 3 is 1.96 bits per heavy atom. The zero-order valence-corrected chi connectivity index (χ0v) is 15.7. The Balaban J connectivity index is 2.02. The number of carbonyl (C=O) groups is 2. The molecule has 6 heteroatoms. The molecule has 132 valence electrons. The van der Waals surface area contributed by atoms with Gasteiger partial charge in [-0.25, -0.2) is 4.79 Å². The van der Waals surface area contributed by atoms with Crippen molar-refractivity contribution in [3.05, 3.63) is 0 Å². The molecule has 2 atom stereocenters. The number of carbonyl (C=O) groups excluding carboxylic acids is 2. The van der Waals surface area contributed by atoms with Crippen LogP contribution >= 0.6 is 11.6 Å². The van der Waals surface area contributed by atoms with Gasteiger partial charge in [-0.15, -0.1) is 11.6 Å².